The highest BCUT2D eigenvalue weighted by Crippen LogP contribution is 2.38. The Kier molecular flexibility index (Phi) is 54.6. The topological polar surface area (TPSA) is 108 Å². The van der Waals surface area contributed by atoms with E-state index in [-0.39, 0.29) is 19.1 Å². The zero-order valence-corrected chi connectivity index (χ0v) is 50.4. The van der Waals surface area contributed by atoms with Gasteiger partial charge in [-0.05, 0) is 57.8 Å². The van der Waals surface area contributed by atoms with Gasteiger partial charge in [0.25, 0.3) is 7.82 Å². The number of aliphatic hydroxyl groups is 1. The molecule has 8 nitrogen and oxygen atoms in total. The lowest BCUT2D eigenvalue weighted by Gasteiger charge is -2.30. The summed E-state index contributed by atoms with van der Waals surface area (Å²) in [6.07, 6.45) is 75.5. The van der Waals surface area contributed by atoms with E-state index in [9.17, 15) is 19.4 Å². The molecule has 0 aliphatic carbocycles. The van der Waals surface area contributed by atoms with E-state index in [0.29, 0.717) is 23.9 Å². The zero-order chi connectivity index (χ0) is 54.2. The van der Waals surface area contributed by atoms with Crippen LogP contribution in [0.3, 0.4) is 0 Å². The number of carbonyl (C=O) groups is 1. The first-order valence-electron chi connectivity index (χ1n) is 31.6. The molecule has 3 unspecified atom stereocenters. The fraction of sp³-hybridized carbons (Fsp3) is 0.831. The number of rotatable bonds is 58. The molecule has 0 bridgehead atoms. The molecular weight excluding hydrogens is 936 g/mol. The summed E-state index contributed by atoms with van der Waals surface area (Å²) < 4.78 is 23.5. The lowest BCUT2D eigenvalue weighted by Crippen LogP contribution is -2.46. The lowest BCUT2D eigenvalue weighted by atomic mass is 10.0. The quantitative estimate of drug-likeness (QED) is 0.0272. The van der Waals surface area contributed by atoms with Crippen LogP contribution in [0.15, 0.2) is 60.8 Å². The number of quaternary nitrogens is 1. The lowest BCUT2D eigenvalue weighted by molar-refractivity contribution is -0.870. The van der Waals surface area contributed by atoms with Crippen LogP contribution in [0.1, 0.15) is 296 Å². The van der Waals surface area contributed by atoms with Crippen LogP contribution in [-0.2, 0) is 18.4 Å². The summed E-state index contributed by atoms with van der Waals surface area (Å²) in [6, 6.07) is -0.802. The summed E-state index contributed by atoms with van der Waals surface area (Å²) in [5, 5.41) is 14.1. The molecule has 0 fully saturated rings. The van der Waals surface area contributed by atoms with Crippen molar-refractivity contribution in [3.05, 3.63) is 60.8 Å². The highest BCUT2D eigenvalue weighted by Gasteiger charge is 2.24. The van der Waals surface area contributed by atoms with Crippen molar-refractivity contribution in [1.29, 1.82) is 0 Å². The van der Waals surface area contributed by atoms with Gasteiger partial charge in [0.05, 0.1) is 39.9 Å². The average molecular weight is 1060 g/mol. The predicted molar refractivity (Wildman–Crippen MR) is 321 cm³/mol. The Bertz CT molecular complexity index is 1390. The van der Waals surface area contributed by atoms with Gasteiger partial charge in [0.15, 0.2) is 0 Å². The molecule has 0 aromatic carbocycles. The van der Waals surface area contributed by atoms with Gasteiger partial charge in [-0.1, -0.05) is 293 Å². The normalized spacial score (nSPS) is 14.2. The fourth-order valence-electron chi connectivity index (χ4n) is 9.36. The predicted octanol–water partition coefficient (Wildman–Crippen LogP) is 19.0. The molecule has 1 amide bonds. The standard InChI is InChI=1S/C65H123N2O6P/c1-6-8-10-12-14-16-18-20-22-24-26-27-28-29-30-31-32-33-34-35-36-37-38-39-41-43-45-47-49-51-53-55-57-59-65(69)66-63(62-73-74(70,71)72-61-60-67(3,4)5)64(68)58-56-54-52-50-48-46-44-42-40-25-23-21-19-17-15-13-11-9-7-2/h8,10,14,16,20,22,26-27,29-30,63-64,68H,6-7,9,11-13,15,17-19,21,23-25,28,31-62H2,1-5H3,(H-,66,69,70,71)/b10-8-,16-14-,22-20-,27-26-,30-29-. The van der Waals surface area contributed by atoms with Gasteiger partial charge < -0.3 is 28.8 Å². The van der Waals surface area contributed by atoms with Crippen LogP contribution >= 0.6 is 7.82 Å². The van der Waals surface area contributed by atoms with E-state index in [1.165, 1.54) is 199 Å². The van der Waals surface area contributed by atoms with Crippen molar-refractivity contribution in [2.24, 2.45) is 0 Å². The molecule has 0 radical (unpaired) electrons. The van der Waals surface area contributed by atoms with Crippen molar-refractivity contribution in [3.8, 4) is 0 Å². The number of carbonyl (C=O) groups excluding carboxylic acids is 1. The van der Waals surface area contributed by atoms with E-state index >= 15 is 0 Å². The first-order valence-corrected chi connectivity index (χ1v) is 33.1. The highest BCUT2D eigenvalue weighted by molar-refractivity contribution is 7.45. The van der Waals surface area contributed by atoms with E-state index in [0.717, 1.165) is 70.6 Å². The fourth-order valence-corrected chi connectivity index (χ4v) is 10.1. The van der Waals surface area contributed by atoms with Crippen LogP contribution in [0.5, 0.6) is 0 Å². The number of phosphoric ester groups is 1. The molecular formula is C65H123N2O6P. The highest BCUT2D eigenvalue weighted by atomic mass is 31.2. The van der Waals surface area contributed by atoms with Crippen LogP contribution in [0.4, 0.5) is 0 Å². The molecule has 2 N–H and O–H groups in total. The third kappa shape index (κ3) is 57.9. The Balaban J connectivity index is 4.04. The summed E-state index contributed by atoms with van der Waals surface area (Å²) in [5.74, 6) is -0.162. The molecule has 3 atom stereocenters. The molecule has 0 aliphatic heterocycles. The maximum Gasteiger partial charge on any atom is 0.268 e. The number of unbranched alkanes of at least 4 members (excludes halogenated alkanes) is 35. The Morgan fingerprint density at radius 2 is 0.824 bits per heavy atom. The van der Waals surface area contributed by atoms with Crippen LogP contribution < -0.4 is 10.2 Å². The molecule has 0 aromatic rings. The second-order valence-electron chi connectivity index (χ2n) is 22.7. The molecule has 434 valence electrons. The minimum atomic E-state index is -4.58. The Hall–Kier alpha value is -1.80. The Morgan fingerprint density at radius 1 is 0.486 bits per heavy atom. The zero-order valence-electron chi connectivity index (χ0n) is 49.5. The number of aliphatic hydroxyl groups excluding tert-OH is 1. The number of nitrogens with zero attached hydrogens (tertiary/aromatic N) is 1. The van der Waals surface area contributed by atoms with Crippen LogP contribution in [0.2, 0.25) is 0 Å². The van der Waals surface area contributed by atoms with Gasteiger partial charge >= 0.3 is 0 Å². The smallest absolute Gasteiger partial charge is 0.268 e. The number of allylic oxidation sites excluding steroid dienone is 10. The second kappa shape index (κ2) is 55.9. The minimum absolute atomic E-state index is 0.0124. The summed E-state index contributed by atoms with van der Waals surface area (Å²) >= 11 is 0. The molecule has 0 aliphatic rings. The van der Waals surface area contributed by atoms with E-state index in [1.807, 2.05) is 21.1 Å². The van der Waals surface area contributed by atoms with Crippen molar-refractivity contribution in [2.75, 3.05) is 40.9 Å². The number of likely N-dealkylation sites (N-methyl/N-ethyl adjacent to an activating group) is 1. The van der Waals surface area contributed by atoms with E-state index in [2.05, 4.69) is 79.9 Å². The van der Waals surface area contributed by atoms with E-state index < -0.39 is 20.0 Å². The third-order valence-electron chi connectivity index (χ3n) is 14.3. The van der Waals surface area contributed by atoms with Crippen molar-refractivity contribution in [2.45, 2.75) is 309 Å². The van der Waals surface area contributed by atoms with Gasteiger partial charge in [-0.25, -0.2) is 0 Å². The molecule has 0 saturated carbocycles. The summed E-state index contributed by atoms with van der Waals surface area (Å²) in [5.41, 5.74) is 0. The van der Waals surface area contributed by atoms with Gasteiger partial charge in [-0.3, -0.25) is 9.36 Å². The van der Waals surface area contributed by atoms with Crippen LogP contribution in [0, 0.1) is 0 Å². The molecule has 0 saturated heterocycles. The maximum atomic E-state index is 13.0. The SMILES string of the molecule is CC/C=C\C/C=C\C/C=C\C/C=C\C/C=C\CCCCCCCCCCCCCCCCCCCC(=O)NC(COP(=O)([O-])OCC[N+](C)(C)C)C(O)CCCCCCCCCCCCCCCCCCCCC. The minimum Gasteiger partial charge on any atom is -0.756 e. The van der Waals surface area contributed by atoms with Crippen molar-refractivity contribution >= 4 is 13.7 Å². The van der Waals surface area contributed by atoms with Gasteiger partial charge in [-0.15, -0.1) is 0 Å². The van der Waals surface area contributed by atoms with E-state index in [1.54, 1.807) is 0 Å². The van der Waals surface area contributed by atoms with Crippen molar-refractivity contribution in [3.63, 3.8) is 0 Å². The largest absolute Gasteiger partial charge is 0.756 e. The molecule has 9 heteroatoms. The number of phosphoric acid groups is 1. The van der Waals surface area contributed by atoms with Gasteiger partial charge in [-0.2, -0.15) is 0 Å². The molecule has 0 spiro atoms. The van der Waals surface area contributed by atoms with E-state index in [4.69, 9.17) is 9.05 Å². The molecule has 0 heterocycles. The maximum absolute atomic E-state index is 13.0. The Labute approximate surface area is 460 Å². The first-order chi connectivity index (χ1) is 36.0. The van der Waals surface area contributed by atoms with Gasteiger partial charge in [0.1, 0.15) is 13.2 Å². The van der Waals surface area contributed by atoms with Crippen LogP contribution in [-0.4, -0.2) is 68.5 Å². The number of nitrogens with one attached hydrogen (secondary N) is 1. The first kappa shape index (κ1) is 72.2. The van der Waals surface area contributed by atoms with Crippen LogP contribution in [0.25, 0.3) is 0 Å². The van der Waals surface area contributed by atoms with Crippen molar-refractivity contribution < 1.29 is 32.9 Å². The van der Waals surface area contributed by atoms with Gasteiger partial charge in [0.2, 0.25) is 5.91 Å². The molecule has 74 heavy (non-hydrogen) atoms. The van der Waals surface area contributed by atoms with Gasteiger partial charge in [0, 0.05) is 6.42 Å². The summed E-state index contributed by atoms with van der Waals surface area (Å²) in [6.45, 7) is 4.64. The average Bonchev–Trinajstić information content (AvgIpc) is 3.36. The second-order valence-corrected chi connectivity index (χ2v) is 24.2. The number of hydrogen-bond acceptors (Lipinski definition) is 6. The number of amides is 1. The third-order valence-corrected chi connectivity index (χ3v) is 15.2. The molecule has 0 aromatic heterocycles. The molecule has 0 rings (SSSR count). The summed E-state index contributed by atoms with van der Waals surface area (Å²) in [4.78, 5) is 25.6. The summed E-state index contributed by atoms with van der Waals surface area (Å²) in [7, 11) is 1.31. The van der Waals surface area contributed by atoms with Crippen molar-refractivity contribution in [1.82, 2.24) is 5.32 Å². The number of hydrogen-bond donors (Lipinski definition) is 2. The Morgan fingerprint density at radius 3 is 1.20 bits per heavy atom. The monoisotopic (exact) mass is 1060 g/mol.